The van der Waals surface area contributed by atoms with Crippen molar-refractivity contribution in [3.8, 4) is 6.07 Å². The number of hydrogen-bond donors (Lipinski definition) is 0. The summed E-state index contributed by atoms with van der Waals surface area (Å²) in [5.74, 6) is 2.22. The monoisotopic (exact) mass is 342 g/mol. The van der Waals surface area contributed by atoms with Crippen molar-refractivity contribution in [2.45, 2.75) is 29.5 Å². The van der Waals surface area contributed by atoms with Crippen molar-refractivity contribution in [1.29, 1.82) is 5.26 Å². The van der Waals surface area contributed by atoms with Crippen LogP contribution in [0.3, 0.4) is 0 Å². The summed E-state index contributed by atoms with van der Waals surface area (Å²) in [7, 11) is 0. The van der Waals surface area contributed by atoms with E-state index in [-0.39, 0.29) is 0 Å². The van der Waals surface area contributed by atoms with E-state index < -0.39 is 0 Å². The van der Waals surface area contributed by atoms with E-state index >= 15 is 0 Å². The van der Waals surface area contributed by atoms with Crippen molar-refractivity contribution in [3.63, 3.8) is 0 Å². The second-order valence-corrected chi connectivity index (χ2v) is 7.81. The maximum absolute atomic E-state index is 8.86. The van der Waals surface area contributed by atoms with E-state index in [0.717, 1.165) is 23.2 Å². The van der Waals surface area contributed by atoms with Gasteiger partial charge in [-0.3, -0.25) is 0 Å². The molecule has 2 bridgehead atoms. The molecular formula is C17H18N4S2. The Morgan fingerprint density at radius 3 is 2.91 bits per heavy atom. The maximum atomic E-state index is 8.86. The molecule has 2 aliphatic heterocycles. The number of hydrogen-bond acceptors (Lipinski definition) is 6. The van der Waals surface area contributed by atoms with Gasteiger partial charge in [0.1, 0.15) is 5.03 Å². The van der Waals surface area contributed by atoms with Gasteiger partial charge in [0.15, 0.2) is 0 Å². The number of rotatable bonds is 4. The first-order valence-electron chi connectivity index (χ1n) is 8.00. The molecule has 3 heterocycles. The first kappa shape index (κ1) is 15.1. The highest BCUT2D eigenvalue weighted by molar-refractivity contribution is 7.98. The number of piperidine rings is 1. The molecule has 6 heteroatoms. The lowest BCUT2D eigenvalue weighted by Gasteiger charge is -2.21. The van der Waals surface area contributed by atoms with E-state index in [2.05, 4.69) is 19.7 Å². The molecule has 2 aliphatic rings. The highest BCUT2D eigenvalue weighted by atomic mass is 32.2. The molecule has 118 valence electrons. The molecule has 0 amide bonds. The second kappa shape index (κ2) is 6.60. The molecule has 0 aliphatic carbocycles. The summed E-state index contributed by atoms with van der Waals surface area (Å²) >= 11 is 3.12. The molecule has 2 fully saturated rings. The number of fused-ring (bicyclic) bond motifs is 2. The molecule has 0 spiro atoms. The average molecular weight is 342 g/mol. The fourth-order valence-electron chi connectivity index (χ4n) is 3.66. The van der Waals surface area contributed by atoms with Gasteiger partial charge in [0.05, 0.1) is 29.1 Å². The highest BCUT2D eigenvalue weighted by Gasteiger charge is 2.38. The molecule has 0 N–H and O–H groups in total. The Kier molecular flexibility index (Phi) is 4.34. The van der Waals surface area contributed by atoms with Crippen molar-refractivity contribution >= 4 is 23.5 Å². The lowest BCUT2D eigenvalue weighted by molar-refractivity contribution is 0.269. The largest absolute Gasteiger partial charge is 0.302 e. The predicted molar refractivity (Wildman–Crippen MR) is 92.5 cm³/mol. The topological polar surface area (TPSA) is 52.8 Å². The first-order valence-corrected chi connectivity index (χ1v) is 9.72. The molecule has 4 nitrogen and oxygen atoms in total. The summed E-state index contributed by atoms with van der Waals surface area (Å²) in [6.45, 7) is 3.64. The Morgan fingerprint density at radius 2 is 2.13 bits per heavy atom. The van der Waals surface area contributed by atoms with Gasteiger partial charge >= 0.3 is 0 Å². The lowest BCUT2D eigenvalue weighted by atomic mass is 9.89. The fourth-order valence-corrected chi connectivity index (χ4v) is 5.39. The maximum Gasteiger partial charge on any atom is 0.134 e. The van der Waals surface area contributed by atoms with Gasteiger partial charge in [-0.25, -0.2) is 0 Å². The Hall–Kier alpha value is -1.42. The number of thioether (sulfide) groups is 1. The first-order chi connectivity index (χ1) is 11.3. The predicted octanol–water partition coefficient (Wildman–Crippen LogP) is 3.51. The molecule has 3 unspecified atom stereocenters. The molecule has 2 saturated heterocycles. The van der Waals surface area contributed by atoms with Gasteiger partial charge in [-0.2, -0.15) is 14.0 Å². The summed E-state index contributed by atoms with van der Waals surface area (Å²) in [4.78, 5) is 2.58. The Bertz CT molecular complexity index is 719. The second-order valence-electron chi connectivity index (χ2n) is 6.32. The van der Waals surface area contributed by atoms with Crippen molar-refractivity contribution < 1.29 is 0 Å². The quantitative estimate of drug-likeness (QED) is 0.796. The molecule has 4 rings (SSSR count). The molecule has 3 atom stereocenters. The van der Waals surface area contributed by atoms with Crippen molar-refractivity contribution in [2.75, 3.05) is 19.6 Å². The molecular weight excluding hydrogens is 324 g/mol. The molecule has 1 aromatic carbocycles. The minimum absolute atomic E-state index is 0.569. The molecule has 0 saturated carbocycles. The summed E-state index contributed by atoms with van der Waals surface area (Å²) in [6.07, 6.45) is 2.66. The lowest BCUT2D eigenvalue weighted by Crippen LogP contribution is -2.25. The van der Waals surface area contributed by atoms with Crippen LogP contribution in [0.15, 0.2) is 29.3 Å². The van der Waals surface area contributed by atoms with Crippen molar-refractivity contribution in [1.82, 2.24) is 13.6 Å². The smallest absolute Gasteiger partial charge is 0.134 e. The summed E-state index contributed by atoms with van der Waals surface area (Å²) in [5.41, 5.74) is 3.16. The van der Waals surface area contributed by atoms with Crippen LogP contribution in [0.25, 0.3) is 0 Å². The number of benzene rings is 1. The SMILES string of the molecule is N#Cc1ccc(CSc2nsnc2C2CN3CCCC2C3)cc1. The highest BCUT2D eigenvalue weighted by Crippen LogP contribution is 2.41. The van der Waals surface area contributed by atoms with Crippen LogP contribution in [0.5, 0.6) is 0 Å². The zero-order chi connectivity index (χ0) is 15.6. The summed E-state index contributed by atoms with van der Waals surface area (Å²) in [5, 5.41) is 9.97. The standard InChI is InChI=1S/C17H18N4S2/c18-8-12-3-5-13(6-4-12)11-22-17-16(19-23-20-17)15-10-21-7-1-2-14(15)9-21/h3-6,14-15H,1-2,7,9-11H2. The van der Waals surface area contributed by atoms with Crippen LogP contribution in [0.2, 0.25) is 0 Å². The van der Waals surface area contributed by atoms with Crippen LogP contribution >= 0.6 is 23.5 Å². The van der Waals surface area contributed by atoms with E-state index in [0.29, 0.717) is 11.5 Å². The summed E-state index contributed by atoms with van der Waals surface area (Å²) in [6, 6.07) is 9.97. The molecule has 0 radical (unpaired) electrons. The Labute approximate surface area is 144 Å². The molecule has 23 heavy (non-hydrogen) atoms. The van der Waals surface area contributed by atoms with Crippen LogP contribution in [-0.2, 0) is 5.75 Å². The van der Waals surface area contributed by atoms with Crippen LogP contribution in [0.4, 0.5) is 0 Å². The van der Waals surface area contributed by atoms with Crippen molar-refractivity contribution in [2.24, 2.45) is 5.92 Å². The van der Waals surface area contributed by atoms with Crippen LogP contribution < -0.4 is 0 Å². The zero-order valence-electron chi connectivity index (χ0n) is 12.8. The van der Waals surface area contributed by atoms with E-state index in [1.807, 2.05) is 24.3 Å². The zero-order valence-corrected chi connectivity index (χ0v) is 14.4. The Morgan fingerprint density at radius 1 is 1.26 bits per heavy atom. The number of nitrogens with zero attached hydrogens (tertiary/aromatic N) is 4. The van der Waals surface area contributed by atoms with Gasteiger partial charge in [0, 0.05) is 24.8 Å². The average Bonchev–Trinajstić information content (AvgIpc) is 3.17. The minimum atomic E-state index is 0.569. The third kappa shape index (κ3) is 3.14. The van der Waals surface area contributed by atoms with E-state index in [9.17, 15) is 0 Å². The van der Waals surface area contributed by atoms with Gasteiger partial charge in [-0.1, -0.05) is 23.9 Å². The van der Waals surface area contributed by atoms with E-state index in [1.165, 1.54) is 48.9 Å². The van der Waals surface area contributed by atoms with Crippen LogP contribution in [-0.4, -0.2) is 33.3 Å². The van der Waals surface area contributed by atoms with Gasteiger partial charge in [0.2, 0.25) is 0 Å². The van der Waals surface area contributed by atoms with Gasteiger partial charge in [0.25, 0.3) is 0 Å². The van der Waals surface area contributed by atoms with E-state index in [4.69, 9.17) is 5.26 Å². The molecule has 1 aromatic heterocycles. The Balaban J connectivity index is 1.46. The van der Waals surface area contributed by atoms with Crippen LogP contribution in [0.1, 0.15) is 35.6 Å². The fraction of sp³-hybridized carbons (Fsp3) is 0.471. The van der Waals surface area contributed by atoms with Crippen LogP contribution in [0, 0.1) is 17.2 Å². The minimum Gasteiger partial charge on any atom is -0.302 e. The number of nitriles is 1. The number of aromatic nitrogens is 2. The van der Waals surface area contributed by atoms with Gasteiger partial charge < -0.3 is 4.90 Å². The van der Waals surface area contributed by atoms with Gasteiger partial charge in [-0.05, 0) is 43.0 Å². The van der Waals surface area contributed by atoms with E-state index in [1.54, 1.807) is 11.8 Å². The third-order valence-electron chi connectivity index (χ3n) is 4.86. The van der Waals surface area contributed by atoms with Crippen molar-refractivity contribution in [3.05, 3.63) is 41.1 Å². The van der Waals surface area contributed by atoms with Gasteiger partial charge in [-0.15, -0.1) is 0 Å². The summed E-state index contributed by atoms with van der Waals surface area (Å²) < 4.78 is 9.18. The molecule has 2 aromatic rings. The normalized spacial score (nSPS) is 26.1. The third-order valence-corrected chi connectivity index (χ3v) is 6.57.